The maximum absolute atomic E-state index is 5.37. The van der Waals surface area contributed by atoms with Crippen molar-refractivity contribution in [1.29, 1.82) is 0 Å². The minimum atomic E-state index is 0.586. The van der Waals surface area contributed by atoms with E-state index >= 15 is 0 Å². The van der Waals surface area contributed by atoms with Crippen LogP contribution in [0.15, 0.2) is 161 Å². The smallest absolute Gasteiger partial charge is 0.239 e. The zero-order valence-electron chi connectivity index (χ0n) is 26.1. The molecule has 5 nitrogen and oxygen atoms in total. The molecule has 0 aliphatic carbocycles. The lowest BCUT2D eigenvalue weighted by atomic mass is 10.0. The van der Waals surface area contributed by atoms with Gasteiger partial charge in [0.15, 0.2) is 11.6 Å². The first kappa shape index (κ1) is 26.8. The molecule has 0 amide bonds. The predicted octanol–water partition coefficient (Wildman–Crippen LogP) is 11.0. The number of hydrogen-bond acceptors (Lipinski definition) is 4. The van der Waals surface area contributed by atoms with Gasteiger partial charge in [-0.2, -0.15) is 9.97 Å². The van der Waals surface area contributed by atoms with Gasteiger partial charge in [-0.15, -0.1) is 0 Å². The number of hydrogen-bond donors (Lipinski definition) is 0. The largest absolute Gasteiger partial charge is 0.293 e. The van der Waals surface area contributed by atoms with Crippen molar-refractivity contribution in [1.82, 2.24) is 24.1 Å². The van der Waals surface area contributed by atoms with Crippen molar-refractivity contribution < 1.29 is 0 Å². The number of rotatable bonds is 3. The standard InChI is InChI=1S/C43H25N5S/c1-3-16-28-26(12-1)14-9-19-30(28)40-44-41(31-20-10-15-27-13-2-4-17-29(27)31)46-43(45-40)48-34-22-6-5-18-32(34)38-33-21-11-25-37-39(33)47(42(38)48)35-23-7-8-24-36(35)49-37/h1-25H. The molecule has 0 spiro atoms. The monoisotopic (exact) mass is 643 g/mol. The van der Waals surface area contributed by atoms with Gasteiger partial charge in [-0.3, -0.25) is 9.13 Å². The fourth-order valence-corrected chi connectivity index (χ4v) is 8.77. The van der Waals surface area contributed by atoms with Crippen LogP contribution in [-0.2, 0) is 0 Å². The van der Waals surface area contributed by atoms with Gasteiger partial charge in [-0.1, -0.05) is 139 Å². The van der Waals surface area contributed by atoms with Crippen LogP contribution < -0.4 is 0 Å². The molecule has 6 heteroatoms. The molecule has 10 aromatic rings. The first-order valence-electron chi connectivity index (χ1n) is 16.4. The normalized spacial score (nSPS) is 12.4. The van der Waals surface area contributed by atoms with E-state index in [1.807, 2.05) is 11.8 Å². The summed E-state index contributed by atoms with van der Waals surface area (Å²) in [6.45, 7) is 0. The van der Waals surface area contributed by atoms with Crippen molar-refractivity contribution in [3.05, 3.63) is 152 Å². The molecule has 0 bridgehead atoms. The Hall–Kier alpha value is -6.24. The van der Waals surface area contributed by atoms with Crippen LogP contribution in [0.3, 0.4) is 0 Å². The SMILES string of the molecule is c1ccc2c(c1)Sc1cccc3c4c5ccccc5n(-c5nc(-c6cccc7ccccc67)nc(-c6cccc7ccccc67)n5)c4n-2c13. The molecule has 0 fully saturated rings. The minimum Gasteiger partial charge on any atom is -0.293 e. The van der Waals surface area contributed by atoms with Crippen LogP contribution in [0.5, 0.6) is 0 Å². The Bertz CT molecular complexity index is 2880. The summed E-state index contributed by atoms with van der Waals surface area (Å²) >= 11 is 1.83. The highest BCUT2D eigenvalue weighted by molar-refractivity contribution is 7.99. The Morgan fingerprint density at radius 3 is 1.71 bits per heavy atom. The fraction of sp³-hybridized carbons (Fsp3) is 0. The van der Waals surface area contributed by atoms with Crippen molar-refractivity contribution in [2.24, 2.45) is 0 Å². The zero-order chi connectivity index (χ0) is 32.1. The highest BCUT2D eigenvalue weighted by Crippen LogP contribution is 2.49. The van der Waals surface area contributed by atoms with Gasteiger partial charge in [0, 0.05) is 37.1 Å². The summed E-state index contributed by atoms with van der Waals surface area (Å²) in [5, 5.41) is 8.09. The van der Waals surface area contributed by atoms with Crippen LogP contribution in [0, 0.1) is 0 Å². The lowest BCUT2D eigenvalue weighted by Gasteiger charge is -2.20. The number of fused-ring (bicyclic) bond motifs is 9. The van der Waals surface area contributed by atoms with Crippen LogP contribution in [0.1, 0.15) is 0 Å². The Morgan fingerprint density at radius 1 is 0.429 bits per heavy atom. The van der Waals surface area contributed by atoms with Gasteiger partial charge in [0.25, 0.3) is 0 Å². The van der Waals surface area contributed by atoms with Crippen molar-refractivity contribution in [2.75, 3.05) is 0 Å². The van der Waals surface area contributed by atoms with Crippen LogP contribution in [0.4, 0.5) is 0 Å². The van der Waals surface area contributed by atoms with E-state index in [1.54, 1.807) is 0 Å². The lowest BCUT2D eigenvalue weighted by Crippen LogP contribution is -2.10. The van der Waals surface area contributed by atoms with E-state index in [0.717, 1.165) is 49.5 Å². The summed E-state index contributed by atoms with van der Waals surface area (Å²) in [5.74, 6) is 1.87. The average molecular weight is 644 g/mol. The van der Waals surface area contributed by atoms with E-state index in [4.69, 9.17) is 15.0 Å². The summed E-state index contributed by atoms with van der Waals surface area (Å²) in [6.07, 6.45) is 0. The molecule has 0 unspecified atom stereocenters. The first-order chi connectivity index (χ1) is 24.3. The third kappa shape index (κ3) is 3.80. The zero-order valence-corrected chi connectivity index (χ0v) is 26.9. The maximum Gasteiger partial charge on any atom is 0.239 e. The summed E-state index contributed by atoms with van der Waals surface area (Å²) in [6, 6.07) is 53.5. The summed E-state index contributed by atoms with van der Waals surface area (Å²) in [5.41, 5.74) is 6.43. The second kappa shape index (κ2) is 10.1. The number of benzene rings is 7. The van der Waals surface area contributed by atoms with E-state index in [1.165, 1.54) is 31.5 Å². The third-order valence-corrected chi connectivity index (χ3v) is 10.9. The molecule has 3 aromatic heterocycles. The van der Waals surface area contributed by atoms with Crippen molar-refractivity contribution in [3.63, 3.8) is 0 Å². The lowest BCUT2D eigenvalue weighted by molar-refractivity contribution is 0.928. The Balaban J connectivity index is 1.31. The Morgan fingerprint density at radius 2 is 0.980 bits per heavy atom. The van der Waals surface area contributed by atoms with Crippen molar-refractivity contribution >= 4 is 66.1 Å². The molecule has 228 valence electrons. The van der Waals surface area contributed by atoms with Gasteiger partial charge >= 0.3 is 0 Å². The Kier molecular flexibility index (Phi) is 5.54. The van der Waals surface area contributed by atoms with Crippen LogP contribution in [-0.4, -0.2) is 24.1 Å². The molecule has 1 aliphatic heterocycles. The molecule has 0 saturated heterocycles. The predicted molar refractivity (Wildman–Crippen MR) is 201 cm³/mol. The highest BCUT2D eigenvalue weighted by atomic mass is 32.2. The second-order valence-electron chi connectivity index (χ2n) is 12.4. The Labute approximate surface area is 285 Å². The number of para-hydroxylation sites is 3. The summed E-state index contributed by atoms with van der Waals surface area (Å²) in [4.78, 5) is 18.4. The fourth-order valence-electron chi connectivity index (χ4n) is 7.68. The van der Waals surface area contributed by atoms with Crippen LogP contribution in [0.2, 0.25) is 0 Å². The van der Waals surface area contributed by atoms with E-state index in [9.17, 15) is 0 Å². The molecule has 0 N–H and O–H groups in total. The molecule has 1 aliphatic rings. The van der Waals surface area contributed by atoms with E-state index in [0.29, 0.717) is 17.6 Å². The van der Waals surface area contributed by atoms with Gasteiger partial charge in [-0.25, -0.2) is 4.98 Å². The van der Waals surface area contributed by atoms with E-state index in [2.05, 4.69) is 161 Å². The number of aromatic nitrogens is 5. The van der Waals surface area contributed by atoms with Gasteiger partial charge in [0.1, 0.15) is 5.65 Å². The quantitative estimate of drug-likeness (QED) is 0.192. The van der Waals surface area contributed by atoms with Crippen molar-refractivity contribution in [3.8, 4) is 34.4 Å². The molecule has 0 saturated carbocycles. The molecule has 7 aromatic carbocycles. The molecular weight excluding hydrogens is 619 g/mol. The highest BCUT2D eigenvalue weighted by Gasteiger charge is 2.29. The summed E-state index contributed by atoms with van der Waals surface area (Å²) in [7, 11) is 0. The van der Waals surface area contributed by atoms with Gasteiger partial charge < -0.3 is 0 Å². The first-order valence-corrected chi connectivity index (χ1v) is 17.2. The topological polar surface area (TPSA) is 48.5 Å². The van der Waals surface area contributed by atoms with Gasteiger partial charge in [0.2, 0.25) is 5.95 Å². The third-order valence-electron chi connectivity index (χ3n) is 9.76. The van der Waals surface area contributed by atoms with E-state index < -0.39 is 0 Å². The maximum atomic E-state index is 5.37. The van der Waals surface area contributed by atoms with Crippen molar-refractivity contribution in [2.45, 2.75) is 9.79 Å². The van der Waals surface area contributed by atoms with E-state index in [-0.39, 0.29) is 0 Å². The molecule has 4 heterocycles. The second-order valence-corrected chi connectivity index (χ2v) is 13.5. The minimum absolute atomic E-state index is 0.586. The molecule has 11 rings (SSSR count). The summed E-state index contributed by atoms with van der Waals surface area (Å²) < 4.78 is 4.68. The molecule has 0 atom stereocenters. The molecule has 0 radical (unpaired) electrons. The van der Waals surface area contributed by atoms with Gasteiger partial charge in [-0.05, 0) is 45.8 Å². The number of nitrogens with zero attached hydrogens (tertiary/aromatic N) is 5. The average Bonchev–Trinajstić information content (AvgIpc) is 3.68. The van der Waals surface area contributed by atoms with Crippen LogP contribution >= 0.6 is 11.8 Å². The molecule has 49 heavy (non-hydrogen) atoms. The molecular formula is C43H25N5S. The van der Waals surface area contributed by atoms with Gasteiger partial charge in [0.05, 0.1) is 16.7 Å². The van der Waals surface area contributed by atoms with Crippen LogP contribution in [0.25, 0.3) is 88.8 Å².